The van der Waals surface area contributed by atoms with Crippen molar-refractivity contribution in [2.45, 2.75) is 49.4 Å². The number of carbonyl (C=O) groups is 3. The maximum absolute atomic E-state index is 12.9. The first-order valence-electron chi connectivity index (χ1n) is 9.77. The van der Waals surface area contributed by atoms with Crippen LogP contribution in [0.1, 0.15) is 42.9 Å². The summed E-state index contributed by atoms with van der Waals surface area (Å²) >= 11 is 2.95. The Morgan fingerprint density at radius 1 is 1.28 bits per heavy atom. The van der Waals surface area contributed by atoms with Gasteiger partial charge >= 0.3 is 11.9 Å². The summed E-state index contributed by atoms with van der Waals surface area (Å²) in [4.78, 5) is 38.1. The van der Waals surface area contributed by atoms with E-state index in [1.165, 1.54) is 28.0 Å². The number of nitrogens with one attached hydrogen (secondary N) is 1. The van der Waals surface area contributed by atoms with E-state index in [1.807, 2.05) is 17.5 Å². The van der Waals surface area contributed by atoms with Crippen LogP contribution in [0.25, 0.3) is 0 Å². The van der Waals surface area contributed by atoms with E-state index in [-0.39, 0.29) is 17.8 Å². The Balaban J connectivity index is 2.03. The van der Waals surface area contributed by atoms with Crippen LogP contribution in [-0.2, 0) is 14.4 Å². The number of carboxylic acid groups (broad SMARTS) is 2. The second-order valence-corrected chi connectivity index (χ2v) is 9.27. The third-order valence-corrected chi connectivity index (χ3v) is 7.00. The van der Waals surface area contributed by atoms with Gasteiger partial charge in [0.25, 0.3) is 0 Å². The van der Waals surface area contributed by atoms with Gasteiger partial charge in [-0.3, -0.25) is 19.7 Å². The minimum Gasteiger partial charge on any atom is -0.480 e. The highest BCUT2D eigenvalue weighted by Crippen LogP contribution is 2.32. The number of hydrogen-bond acceptors (Lipinski definition) is 7. The van der Waals surface area contributed by atoms with Crippen molar-refractivity contribution in [3.05, 3.63) is 22.4 Å². The molecule has 8 nitrogen and oxygen atoms in total. The number of nitrogens with two attached hydrogens (primary N) is 1. The Morgan fingerprint density at radius 3 is 2.66 bits per heavy atom. The fourth-order valence-corrected chi connectivity index (χ4v) is 5.51. The molecule has 2 heterocycles. The van der Waals surface area contributed by atoms with Gasteiger partial charge in [0.1, 0.15) is 12.6 Å². The molecule has 1 amide bonds. The zero-order chi connectivity index (χ0) is 21.2. The molecule has 1 aromatic rings. The van der Waals surface area contributed by atoms with E-state index >= 15 is 0 Å². The molecule has 0 saturated carbocycles. The van der Waals surface area contributed by atoms with Gasteiger partial charge in [0.05, 0.1) is 11.3 Å². The van der Waals surface area contributed by atoms with Crippen molar-refractivity contribution in [1.82, 2.24) is 10.2 Å². The molecule has 0 bridgehead atoms. The molecular formula is C19H29N3O5S2. The number of thiophene rings is 1. The molecule has 10 heteroatoms. The number of aliphatic carboxylic acids is 2. The molecule has 0 aliphatic carbocycles. The van der Waals surface area contributed by atoms with Gasteiger partial charge < -0.3 is 20.8 Å². The summed E-state index contributed by atoms with van der Waals surface area (Å²) in [5.41, 5.74) is 5.48. The summed E-state index contributed by atoms with van der Waals surface area (Å²) in [5.74, 6) is -2.16. The van der Waals surface area contributed by atoms with Crippen molar-refractivity contribution in [1.29, 1.82) is 0 Å². The number of amides is 1. The van der Waals surface area contributed by atoms with Crippen molar-refractivity contribution in [3.8, 4) is 0 Å². The lowest BCUT2D eigenvalue weighted by molar-refractivity contribution is -0.145. The predicted octanol–water partition coefficient (Wildman–Crippen LogP) is 1.77. The lowest BCUT2D eigenvalue weighted by Gasteiger charge is -2.26. The lowest BCUT2D eigenvalue weighted by atomic mass is 10.1. The second-order valence-electron chi connectivity index (χ2n) is 7.05. The van der Waals surface area contributed by atoms with Crippen LogP contribution >= 0.6 is 23.1 Å². The quantitative estimate of drug-likeness (QED) is 0.359. The Labute approximate surface area is 178 Å². The molecule has 1 aromatic heterocycles. The zero-order valence-corrected chi connectivity index (χ0v) is 17.9. The fraction of sp³-hybridized carbons (Fsp3) is 0.632. The standard InChI is InChI=1S/C19H29N3O5S2/c20-8-4-2-1-3-6-14(19(26)27)21-16-10-22(11-17(23)24)18(25)13(12-29-16)15-7-5-9-28-15/h5,7,9,13-14,16,21H,1-4,6,8,10-12,20H2,(H,23,24)(H,26,27)/t13-,14+,16+/m1/s1. The summed E-state index contributed by atoms with van der Waals surface area (Å²) in [6.45, 7) is 0.406. The van der Waals surface area contributed by atoms with Crippen molar-refractivity contribution < 1.29 is 24.6 Å². The van der Waals surface area contributed by atoms with E-state index in [2.05, 4.69) is 5.32 Å². The van der Waals surface area contributed by atoms with E-state index in [0.29, 0.717) is 18.7 Å². The number of hydrogen-bond donors (Lipinski definition) is 4. The van der Waals surface area contributed by atoms with Crippen LogP contribution in [0.15, 0.2) is 17.5 Å². The van der Waals surface area contributed by atoms with Crippen LogP contribution in [0.4, 0.5) is 0 Å². The van der Waals surface area contributed by atoms with E-state index in [9.17, 15) is 24.6 Å². The van der Waals surface area contributed by atoms with E-state index in [4.69, 9.17) is 5.73 Å². The molecule has 3 atom stereocenters. The van der Waals surface area contributed by atoms with E-state index in [1.54, 1.807) is 0 Å². The summed E-state index contributed by atoms with van der Waals surface area (Å²) < 4.78 is 0. The summed E-state index contributed by atoms with van der Waals surface area (Å²) in [5, 5.41) is 23.5. The van der Waals surface area contributed by atoms with Crippen molar-refractivity contribution in [3.63, 3.8) is 0 Å². The lowest BCUT2D eigenvalue weighted by Crippen LogP contribution is -2.48. The monoisotopic (exact) mass is 443 g/mol. The van der Waals surface area contributed by atoms with Crippen LogP contribution in [-0.4, -0.2) is 69.8 Å². The maximum Gasteiger partial charge on any atom is 0.323 e. The van der Waals surface area contributed by atoms with Gasteiger partial charge in [-0.25, -0.2) is 0 Å². The molecule has 1 saturated heterocycles. The van der Waals surface area contributed by atoms with E-state index < -0.39 is 30.4 Å². The third kappa shape index (κ3) is 7.61. The first-order valence-corrected chi connectivity index (χ1v) is 11.7. The van der Waals surface area contributed by atoms with Crippen LogP contribution in [0.5, 0.6) is 0 Å². The molecule has 5 N–H and O–H groups in total. The topological polar surface area (TPSA) is 133 Å². The van der Waals surface area contributed by atoms with Gasteiger partial charge in [-0.15, -0.1) is 23.1 Å². The van der Waals surface area contributed by atoms with Crippen LogP contribution in [0, 0.1) is 0 Å². The van der Waals surface area contributed by atoms with Gasteiger partial charge in [-0.1, -0.05) is 25.3 Å². The molecular weight excluding hydrogens is 414 g/mol. The van der Waals surface area contributed by atoms with Crippen LogP contribution < -0.4 is 11.1 Å². The largest absolute Gasteiger partial charge is 0.480 e. The predicted molar refractivity (Wildman–Crippen MR) is 114 cm³/mol. The first-order chi connectivity index (χ1) is 13.9. The highest BCUT2D eigenvalue weighted by Gasteiger charge is 2.35. The molecule has 1 fully saturated rings. The number of rotatable bonds is 12. The number of nitrogens with zero attached hydrogens (tertiary/aromatic N) is 1. The highest BCUT2D eigenvalue weighted by molar-refractivity contribution is 8.00. The van der Waals surface area contributed by atoms with Crippen molar-refractivity contribution in [2.24, 2.45) is 5.73 Å². The van der Waals surface area contributed by atoms with Gasteiger partial charge in [0.2, 0.25) is 5.91 Å². The average molecular weight is 444 g/mol. The molecule has 0 unspecified atom stereocenters. The van der Waals surface area contributed by atoms with Gasteiger partial charge in [0, 0.05) is 17.2 Å². The molecule has 29 heavy (non-hydrogen) atoms. The Kier molecular flexibility index (Phi) is 9.92. The average Bonchev–Trinajstić information content (AvgIpc) is 3.15. The SMILES string of the molecule is NCCCCCC[C@H](N[C@@H]1CN(CC(=O)O)C(=O)[C@@H](c2cccs2)CS1)C(=O)O. The summed E-state index contributed by atoms with van der Waals surface area (Å²) in [6, 6.07) is 3.01. The molecule has 0 radical (unpaired) electrons. The van der Waals surface area contributed by atoms with Crippen LogP contribution in [0.2, 0.25) is 0 Å². The van der Waals surface area contributed by atoms with E-state index in [0.717, 1.165) is 30.6 Å². The molecule has 162 valence electrons. The number of carbonyl (C=O) groups excluding carboxylic acids is 1. The molecule has 1 aliphatic rings. The molecule has 0 spiro atoms. The van der Waals surface area contributed by atoms with Crippen molar-refractivity contribution in [2.75, 3.05) is 25.4 Å². The fourth-order valence-electron chi connectivity index (χ4n) is 3.30. The van der Waals surface area contributed by atoms with Gasteiger partial charge in [0.15, 0.2) is 0 Å². The summed E-state index contributed by atoms with van der Waals surface area (Å²) in [7, 11) is 0. The zero-order valence-electron chi connectivity index (χ0n) is 16.3. The first kappa shape index (κ1) is 23.7. The second kappa shape index (κ2) is 12.2. The third-order valence-electron chi connectivity index (χ3n) is 4.80. The van der Waals surface area contributed by atoms with Gasteiger partial charge in [-0.05, 0) is 30.8 Å². The Bertz CT molecular complexity index is 671. The van der Waals surface area contributed by atoms with Crippen LogP contribution in [0.3, 0.4) is 0 Å². The number of unbranched alkanes of at least 4 members (excludes halogenated alkanes) is 3. The smallest absolute Gasteiger partial charge is 0.323 e. The normalized spacial score (nSPS) is 21.0. The minimum absolute atomic E-state index is 0.161. The summed E-state index contributed by atoms with van der Waals surface area (Å²) in [6.07, 6.45) is 4.09. The van der Waals surface area contributed by atoms with Crippen molar-refractivity contribution >= 4 is 40.9 Å². The Hall–Kier alpha value is -1.62. The Morgan fingerprint density at radius 2 is 2.03 bits per heavy atom. The minimum atomic E-state index is -1.08. The highest BCUT2D eigenvalue weighted by atomic mass is 32.2. The number of thioether (sulfide) groups is 1. The van der Waals surface area contributed by atoms with Gasteiger partial charge in [-0.2, -0.15) is 0 Å². The molecule has 0 aromatic carbocycles. The maximum atomic E-state index is 12.9. The molecule has 1 aliphatic heterocycles. The molecule has 2 rings (SSSR count). The number of carboxylic acids is 2.